The molecule has 0 unspecified atom stereocenters. The van der Waals surface area contributed by atoms with E-state index in [2.05, 4.69) is 23.8 Å². The molecule has 2 heterocycles. The molecule has 0 atom stereocenters. The third-order valence-electron chi connectivity index (χ3n) is 4.34. The lowest BCUT2D eigenvalue weighted by Gasteiger charge is -2.15. The first-order valence-electron chi connectivity index (χ1n) is 7.74. The van der Waals surface area contributed by atoms with E-state index in [1.54, 1.807) is 6.07 Å². The van der Waals surface area contributed by atoms with E-state index >= 15 is 0 Å². The van der Waals surface area contributed by atoms with Crippen molar-refractivity contribution in [3.05, 3.63) is 52.3 Å². The van der Waals surface area contributed by atoms with E-state index in [0.717, 1.165) is 37.2 Å². The monoisotopic (exact) mass is 299 g/mol. The van der Waals surface area contributed by atoms with Crippen LogP contribution in [0.25, 0.3) is 0 Å². The second-order valence-corrected chi connectivity index (χ2v) is 5.68. The van der Waals surface area contributed by atoms with Crippen LogP contribution in [0.1, 0.15) is 46.6 Å². The number of aryl methyl sites for hydroxylation is 1. The van der Waals surface area contributed by atoms with Gasteiger partial charge in [-0.05, 0) is 30.5 Å². The summed E-state index contributed by atoms with van der Waals surface area (Å²) < 4.78 is 2.04. The van der Waals surface area contributed by atoms with Gasteiger partial charge in [-0.3, -0.25) is 9.58 Å². The summed E-state index contributed by atoms with van der Waals surface area (Å²) in [5, 5.41) is 13.7. The number of benzene rings is 1. The molecule has 0 spiro atoms. The average Bonchev–Trinajstić information content (AvgIpc) is 3.09. The van der Waals surface area contributed by atoms with Crippen LogP contribution in [0.5, 0.6) is 0 Å². The second-order valence-electron chi connectivity index (χ2n) is 5.68. The van der Waals surface area contributed by atoms with Gasteiger partial charge in [0.05, 0.1) is 11.8 Å². The molecule has 1 aliphatic rings. The topological polar surface area (TPSA) is 58.4 Å². The Morgan fingerprint density at radius 1 is 1.32 bits per heavy atom. The van der Waals surface area contributed by atoms with Crippen molar-refractivity contribution in [2.45, 2.75) is 46.4 Å². The van der Waals surface area contributed by atoms with Crippen LogP contribution in [0.15, 0.2) is 24.4 Å². The van der Waals surface area contributed by atoms with Gasteiger partial charge >= 0.3 is 5.97 Å². The van der Waals surface area contributed by atoms with E-state index in [-0.39, 0.29) is 0 Å². The summed E-state index contributed by atoms with van der Waals surface area (Å²) in [4.78, 5) is 13.6. The first-order valence-corrected chi connectivity index (χ1v) is 7.74. The number of carboxylic acid groups (broad SMARTS) is 1. The van der Waals surface area contributed by atoms with E-state index in [9.17, 15) is 9.90 Å². The molecule has 2 aromatic rings. The van der Waals surface area contributed by atoms with Crippen molar-refractivity contribution in [1.29, 1.82) is 0 Å². The van der Waals surface area contributed by atoms with Crippen molar-refractivity contribution in [1.82, 2.24) is 14.7 Å². The predicted molar refractivity (Wildman–Crippen MR) is 83.6 cm³/mol. The zero-order valence-electron chi connectivity index (χ0n) is 13.0. The standard InChI is InChI=1S/C17H21N3O2/c1-3-16-13(8-18-20(16)4-2)10-19-9-12-6-5-7-14(17(21)22)15(12)11-19/h5-8H,3-4,9-11H2,1-2H3,(H,21,22). The summed E-state index contributed by atoms with van der Waals surface area (Å²) in [5.41, 5.74) is 5.03. The van der Waals surface area contributed by atoms with Gasteiger partial charge in [0.25, 0.3) is 0 Å². The molecule has 1 aromatic carbocycles. The molecule has 1 aromatic heterocycles. The molecule has 3 rings (SSSR count). The van der Waals surface area contributed by atoms with Crippen LogP contribution in [0.2, 0.25) is 0 Å². The van der Waals surface area contributed by atoms with Gasteiger partial charge in [-0.15, -0.1) is 0 Å². The molecule has 0 aliphatic carbocycles. The van der Waals surface area contributed by atoms with Crippen molar-refractivity contribution >= 4 is 5.97 Å². The van der Waals surface area contributed by atoms with Crippen LogP contribution < -0.4 is 0 Å². The number of aromatic carboxylic acids is 1. The maximum Gasteiger partial charge on any atom is 0.336 e. The fourth-order valence-corrected chi connectivity index (χ4v) is 3.31. The Kier molecular flexibility index (Phi) is 3.98. The normalized spacial score (nSPS) is 14.3. The Bertz CT molecular complexity index is 706. The van der Waals surface area contributed by atoms with Gasteiger partial charge in [0, 0.05) is 37.4 Å². The highest BCUT2D eigenvalue weighted by molar-refractivity contribution is 5.90. The molecule has 116 valence electrons. The zero-order chi connectivity index (χ0) is 15.7. The molecule has 0 radical (unpaired) electrons. The molecule has 0 amide bonds. The maximum absolute atomic E-state index is 11.3. The molecular formula is C17H21N3O2. The van der Waals surface area contributed by atoms with Crippen LogP contribution in [-0.2, 0) is 32.6 Å². The highest BCUT2D eigenvalue weighted by Crippen LogP contribution is 2.28. The van der Waals surface area contributed by atoms with Crippen LogP contribution >= 0.6 is 0 Å². The van der Waals surface area contributed by atoms with Gasteiger partial charge in [0.15, 0.2) is 0 Å². The number of nitrogens with zero attached hydrogens (tertiary/aromatic N) is 3. The maximum atomic E-state index is 11.3. The third-order valence-corrected chi connectivity index (χ3v) is 4.34. The quantitative estimate of drug-likeness (QED) is 0.922. The first kappa shape index (κ1) is 14.8. The molecule has 0 fully saturated rings. The average molecular weight is 299 g/mol. The minimum Gasteiger partial charge on any atom is -0.478 e. The minimum absolute atomic E-state index is 0.431. The summed E-state index contributed by atoms with van der Waals surface area (Å²) in [6.45, 7) is 7.44. The Hall–Kier alpha value is -2.14. The van der Waals surface area contributed by atoms with Gasteiger partial charge in [0.1, 0.15) is 0 Å². The molecular weight excluding hydrogens is 278 g/mol. The molecule has 1 aliphatic heterocycles. The number of hydrogen-bond donors (Lipinski definition) is 1. The van der Waals surface area contributed by atoms with Crippen LogP contribution in [0, 0.1) is 0 Å². The number of fused-ring (bicyclic) bond motifs is 1. The van der Waals surface area contributed by atoms with Crippen molar-refractivity contribution < 1.29 is 9.90 Å². The first-order chi connectivity index (χ1) is 10.6. The van der Waals surface area contributed by atoms with Gasteiger partial charge in [0.2, 0.25) is 0 Å². The summed E-state index contributed by atoms with van der Waals surface area (Å²) in [7, 11) is 0. The third kappa shape index (κ3) is 2.52. The molecule has 5 heteroatoms. The van der Waals surface area contributed by atoms with E-state index < -0.39 is 5.97 Å². The lowest BCUT2D eigenvalue weighted by Crippen LogP contribution is -2.17. The van der Waals surface area contributed by atoms with E-state index in [1.807, 2.05) is 23.0 Å². The SMILES string of the molecule is CCc1c(CN2Cc3cccc(C(=O)O)c3C2)cnn1CC. The number of hydrogen-bond acceptors (Lipinski definition) is 3. The smallest absolute Gasteiger partial charge is 0.336 e. The molecule has 0 bridgehead atoms. The highest BCUT2D eigenvalue weighted by Gasteiger charge is 2.24. The lowest BCUT2D eigenvalue weighted by atomic mass is 10.0. The molecule has 0 saturated heterocycles. The highest BCUT2D eigenvalue weighted by atomic mass is 16.4. The summed E-state index contributed by atoms with van der Waals surface area (Å²) in [6, 6.07) is 5.55. The van der Waals surface area contributed by atoms with Gasteiger partial charge in [-0.2, -0.15) is 5.10 Å². The molecule has 22 heavy (non-hydrogen) atoms. The minimum atomic E-state index is -0.841. The Morgan fingerprint density at radius 2 is 2.14 bits per heavy atom. The summed E-state index contributed by atoms with van der Waals surface area (Å²) in [5.74, 6) is -0.841. The molecule has 1 N–H and O–H groups in total. The fourth-order valence-electron chi connectivity index (χ4n) is 3.31. The Labute approximate surface area is 130 Å². The predicted octanol–water partition coefficient (Wildman–Crippen LogP) is 2.68. The van der Waals surface area contributed by atoms with Crippen LogP contribution in [0.4, 0.5) is 0 Å². The largest absolute Gasteiger partial charge is 0.478 e. The zero-order valence-corrected chi connectivity index (χ0v) is 13.0. The van der Waals surface area contributed by atoms with Gasteiger partial charge in [-0.1, -0.05) is 19.1 Å². The van der Waals surface area contributed by atoms with E-state index in [0.29, 0.717) is 12.1 Å². The van der Waals surface area contributed by atoms with Crippen molar-refractivity contribution in [3.8, 4) is 0 Å². The van der Waals surface area contributed by atoms with Gasteiger partial charge < -0.3 is 5.11 Å². The lowest BCUT2D eigenvalue weighted by molar-refractivity contribution is 0.0695. The number of rotatable bonds is 5. The molecule has 5 nitrogen and oxygen atoms in total. The number of carbonyl (C=O) groups is 1. The Balaban J connectivity index is 1.81. The Morgan fingerprint density at radius 3 is 2.82 bits per heavy atom. The summed E-state index contributed by atoms with van der Waals surface area (Å²) >= 11 is 0. The van der Waals surface area contributed by atoms with Gasteiger partial charge in [-0.25, -0.2) is 4.79 Å². The number of carboxylic acids is 1. The van der Waals surface area contributed by atoms with Crippen LogP contribution in [-0.4, -0.2) is 25.8 Å². The summed E-state index contributed by atoms with van der Waals surface area (Å²) in [6.07, 6.45) is 2.91. The van der Waals surface area contributed by atoms with E-state index in [1.165, 1.54) is 11.3 Å². The second kappa shape index (κ2) is 5.93. The fraction of sp³-hybridized carbons (Fsp3) is 0.412. The van der Waals surface area contributed by atoms with Crippen molar-refractivity contribution in [2.24, 2.45) is 0 Å². The molecule has 0 saturated carbocycles. The van der Waals surface area contributed by atoms with Crippen molar-refractivity contribution in [2.75, 3.05) is 0 Å². The van der Waals surface area contributed by atoms with Crippen molar-refractivity contribution in [3.63, 3.8) is 0 Å². The van der Waals surface area contributed by atoms with Crippen LogP contribution in [0.3, 0.4) is 0 Å². The number of aromatic nitrogens is 2. The van der Waals surface area contributed by atoms with E-state index in [4.69, 9.17) is 0 Å².